The Labute approximate surface area is 164 Å². The highest BCUT2D eigenvalue weighted by Gasteiger charge is 2.35. The van der Waals surface area contributed by atoms with Gasteiger partial charge in [0.25, 0.3) is 0 Å². The zero-order valence-electron chi connectivity index (χ0n) is 15.9. The Kier molecular flexibility index (Phi) is 6.14. The van der Waals surface area contributed by atoms with Crippen molar-refractivity contribution in [3.63, 3.8) is 0 Å². The number of rotatable bonds is 7. The van der Waals surface area contributed by atoms with Crippen molar-refractivity contribution in [2.24, 2.45) is 11.1 Å². The van der Waals surface area contributed by atoms with E-state index in [1.807, 2.05) is 18.2 Å². The van der Waals surface area contributed by atoms with E-state index in [0.29, 0.717) is 17.8 Å². The van der Waals surface area contributed by atoms with Crippen molar-refractivity contribution < 1.29 is 19.4 Å². The molecule has 7 nitrogen and oxygen atoms in total. The SMILES string of the molecule is N[C@H](Cc1ccc2ccccc2[n+]1[O-])C(=O)NCC1(CC(=O)O)CCCCC1. The Hall–Kier alpha value is -2.67. The van der Waals surface area contributed by atoms with E-state index in [0.717, 1.165) is 42.2 Å². The van der Waals surface area contributed by atoms with Crippen LogP contribution in [0.1, 0.15) is 44.2 Å². The fourth-order valence-corrected chi connectivity index (χ4v) is 4.14. The van der Waals surface area contributed by atoms with Gasteiger partial charge in [-0.1, -0.05) is 31.4 Å². The molecule has 1 saturated carbocycles. The molecule has 0 aliphatic heterocycles. The molecule has 1 aliphatic rings. The number of carboxylic acid groups (broad SMARTS) is 1. The van der Waals surface area contributed by atoms with Gasteiger partial charge in [0.1, 0.15) is 0 Å². The number of nitrogens with one attached hydrogen (secondary N) is 1. The highest BCUT2D eigenvalue weighted by atomic mass is 16.5. The second kappa shape index (κ2) is 8.56. The number of carbonyl (C=O) groups is 2. The molecule has 4 N–H and O–H groups in total. The summed E-state index contributed by atoms with van der Waals surface area (Å²) in [4.78, 5) is 23.8. The van der Waals surface area contributed by atoms with Crippen molar-refractivity contribution in [3.8, 4) is 0 Å². The van der Waals surface area contributed by atoms with Gasteiger partial charge in [0.2, 0.25) is 11.4 Å². The Morgan fingerprint density at radius 2 is 1.89 bits per heavy atom. The third-order valence-electron chi connectivity index (χ3n) is 5.72. The molecule has 7 heteroatoms. The summed E-state index contributed by atoms with van der Waals surface area (Å²) in [6, 6.07) is 9.90. The minimum absolute atomic E-state index is 0.0494. The quantitative estimate of drug-likeness (QED) is 0.497. The normalized spacial score (nSPS) is 17.2. The number of nitrogens with zero attached hydrogens (tertiary/aromatic N) is 1. The second-order valence-corrected chi connectivity index (χ2v) is 7.84. The monoisotopic (exact) mass is 385 g/mol. The summed E-state index contributed by atoms with van der Waals surface area (Å²) in [7, 11) is 0. The summed E-state index contributed by atoms with van der Waals surface area (Å²) >= 11 is 0. The van der Waals surface area contributed by atoms with Crippen LogP contribution in [-0.2, 0) is 16.0 Å². The van der Waals surface area contributed by atoms with Gasteiger partial charge in [-0.25, -0.2) is 0 Å². The summed E-state index contributed by atoms with van der Waals surface area (Å²) in [6.07, 6.45) is 4.80. The lowest BCUT2D eigenvalue weighted by atomic mass is 9.71. The molecule has 1 fully saturated rings. The number of hydrogen-bond acceptors (Lipinski definition) is 4. The van der Waals surface area contributed by atoms with Crippen LogP contribution in [0.25, 0.3) is 10.9 Å². The smallest absolute Gasteiger partial charge is 0.303 e. The van der Waals surface area contributed by atoms with Crippen molar-refractivity contribution in [3.05, 3.63) is 47.3 Å². The number of pyridine rings is 1. The Morgan fingerprint density at radius 3 is 2.61 bits per heavy atom. The van der Waals surface area contributed by atoms with E-state index in [4.69, 9.17) is 5.73 Å². The van der Waals surface area contributed by atoms with Gasteiger partial charge in [0.05, 0.1) is 18.9 Å². The number of aromatic nitrogens is 1. The number of carbonyl (C=O) groups excluding carboxylic acids is 1. The first-order valence-corrected chi connectivity index (χ1v) is 9.75. The van der Waals surface area contributed by atoms with Crippen molar-refractivity contribution in [2.75, 3.05) is 6.54 Å². The molecule has 1 atom stereocenters. The Balaban J connectivity index is 1.64. The molecule has 0 radical (unpaired) electrons. The van der Waals surface area contributed by atoms with Crippen molar-refractivity contribution in [1.29, 1.82) is 0 Å². The first-order chi connectivity index (χ1) is 13.4. The maximum atomic E-state index is 12.5. The standard InChI is InChI=1S/C21H27N3O4/c22-17(12-16-9-8-15-6-2-3-7-18(15)24(16)28)20(27)23-14-21(13-19(25)26)10-4-1-5-11-21/h2-3,6-9,17H,1,4-5,10-14,22H2,(H,23,27)(H,25,26)/t17-/m1/s1. The van der Waals surface area contributed by atoms with Gasteiger partial charge in [-0.3, -0.25) is 9.59 Å². The lowest BCUT2D eigenvalue weighted by Gasteiger charge is -2.36. The molecule has 28 heavy (non-hydrogen) atoms. The molecule has 1 aromatic heterocycles. The van der Waals surface area contributed by atoms with Crippen LogP contribution in [0.4, 0.5) is 0 Å². The second-order valence-electron chi connectivity index (χ2n) is 7.84. The summed E-state index contributed by atoms with van der Waals surface area (Å²) in [5.41, 5.74) is 6.61. The van der Waals surface area contributed by atoms with Gasteiger partial charge in [-0.15, -0.1) is 0 Å². The van der Waals surface area contributed by atoms with Crippen LogP contribution in [0.15, 0.2) is 36.4 Å². The van der Waals surface area contributed by atoms with Crippen molar-refractivity contribution in [2.45, 2.75) is 51.0 Å². The summed E-state index contributed by atoms with van der Waals surface area (Å²) in [6.45, 7) is 0.306. The summed E-state index contributed by atoms with van der Waals surface area (Å²) < 4.78 is 0.815. The number of aliphatic carboxylic acids is 1. The molecule has 150 valence electrons. The third-order valence-corrected chi connectivity index (χ3v) is 5.72. The molecule has 0 saturated heterocycles. The van der Waals surface area contributed by atoms with Crippen LogP contribution in [0.5, 0.6) is 0 Å². The molecule has 0 bridgehead atoms. The molecule has 3 rings (SSSR count). The summed E-state index contributed by atoms with van der Waals surface area (Å²) in [5.74, 6) is -1.20. The Morgan fingerprint density at radius 1 is 1.18 bits per heavy atom. The first-order valence-electron chi connectivity index (χ1n) is 9.75. The minimum Gasteiger partial charge on any atom is -0.618 e. The third kappa shape index (κ3) is 4.59. The fraction of sp³-hybridized carbons (Fsp3) is 0.476. The molecule has 1 aromatic carbocycles. The van der Waals surface area contributed by atoms with Crippen LogP contribution >= 0.6 is 0 Å². The van der Waals surface area contributed by atoms with Gasteiger partial charge in [-0.05, 0) is 30.4 Å². The average Bonchev–Trinajstić information content (AvgIpc) is 2.68. The average molecular weight is 385 g/mol. The van der Waals surface area contributed by atoms with E-state index in [1.54, 1.807) is 18.2 Å². The van der Waals surface area contributed by atoms with Crippen molar-refractivity contribution >= 4 is 22.8 Å². The van der Waals surface area contributed by atoms with Gasteiger partial charge >= 0.3 is 5.97 Å². The van der Waals surface area contributed by atoms with Gasteiger partial charge in [-0.2, -0.15) is 4.73 Å². The van der Waals surface area contributed by atoms with Crippen LogP contribution in [-0.4, -0.2) is 29.6 Å². The van der Waals surface area contributed by atoms with Crippen LogP contribution in [0.2, 0.25) is 0 Å². The lowest BCUT2D eigenvalue weighted by molar-refractivity contribution is -0.586. The molecule has 2 aromatic rings. The van der Waals surface area contributed by atoms with Crippen LogP contribution in [0.3, 0.4) is 0 Å². The van der Waals surface area contributed by atoms with Crippen LogP contribution in [0, 0.1) is 10.6 Å². The number of benzene rings is 1. The zero-order chi connectivity index (χ0) is 20.1. The fourth-order valence-electron chi connectivity index (χ4n) is 4.14. The molecule has 0 spiro atoms. The molecule has 1 amide bonds. The van der Waals surface area contributed by atoms with E-state index in [-0.39, 0.29) is 18.7 Å². The molecule has 1 aliphatic carbocycles. The number of carboxylic acids is 1. The number of fused-ring (bicyclic) bond motifs is 1. The molecule has 1 heterocycles. The molecular formula is C21H27N3O4. The highest BCUT2D eigenvalue weighted by molar-refractivity contribution is 5.82. The van der Waals surface area contributed by atoms with E-state index in [2.05, 4.69) is 5.32 Å². The Bertz CT molecular complexity index is 862. The lowest BCUT2D eigenvalue weighted by Crippen LogP contribution is -2.48. The van der Waals surface area contributed by atoms with E-state index in [1.165, 1.54) is 0 Å². The number of amides is 1. The van der Waals surface area contributed by atoms with Gasteiger partial charge < -0.3 is 21.4 Å². The number of para-hydroxylation sites is 1. The maximum absolute atomic E-state index is 12.5. The van der Waals surface area contributed by atoms with Gasteiger partial charge in [0.15, 0.2) is 5.69 Å². The topological polar surface area (TPSA) is 119 Å². The highest BCUT2D eigenvalue weighted by Crippen LogP contribution is 2.38. The molecule has 0 unspecified atom stereocenters. The number of hydrogen-bond donors (Lipinski definition) is 3. The van der Waals surface area contributed by atoms with E-state index >= 15 is 0 Å². The largest absolute Gasteiger partial charge is 0.618 e. The zero-order valence-corrected chi connectivity index (χ0v) is 15.9. The van der Waals surface area contributed by atoms with Crippen molar-refractivity contribution in [1.82, 2.24) is 5.32 Å². The predicted octanol–water partition coefficient (Wildman–Crippen LogP) is 1.88. The first kappa shape index (κ1) is 20.1. The van der Waals surface area contributed by atoms with E-state index < -0.39 is 17.4 Å². The summed E-state index contributed by atoms with van der Waals surface area (Å²) in [5, 5.41) is 25.4. The van der Waals surface area contributed by atoms with Crippen LogP contribution < -0.4 is 15.8 Å². The minimum atomic E-state index is -0.869. The predicted molar refractivity (Wildman–Crippen MR) is 105 cm³/mol. The molecular weight excluding hydrogens is 358 g/mol. The number of nitrogens with two attached hydrogens (primary N) is 1. The van der Waals surface area contributed by atoms with Gasteiger partial charge in [0, 0.05) is 24.1 Å². The van der Waals surface area contributed by atoms with E-state index in [9.17, 15) is 19.9 Å². The maximum Gasteiger partial charge on any atom is 0.303 e.